The first-order valence-electron chi connectivity index (χ1n) is 8.75. The number of halogens is 2. The van der Waals surface area contributed by atoms with E-state index >= 15 is 0 Å². The van der Waals surface area contributed by atoms with Crippen LogP contribution in [-0.4, -0.2) is 49.6 Å². The van der Waals surface area contributed by atoms with Crippen LogP contribution in [0.4, 0.5) is 8.78 Å². The van der Waals surface area contributed by atoms with Gasteiger partial charge < -0.3 is 10.2 Å². The van der Waals surface area contributed by atoms with Crippen LogP contribution in [0.1, 0.15) is 17.2 Å². The van der Waals surface area contributed by atoms with Gasteiger partial charge in [-0.15, -0.1) is 0 Å². The van der Waals surface area contributed by atoms with Crippen molar-refractivity contribution in [1.82, 2.24) is 15.1 Å². The molecule has 0 radical (unpaired) electrons. The standard InChI is InChI=1S/C20H25F2N3/c1-24-9-11-25(12-10-24)15-20(16-5-3-2-4-6-16)23-14-17-7-8-18(21)13-19(17)22/h2-8,13,20,23H,9-12,14-15H2,1H3. The van der Waals surface area contributed by atoms with Crippen molar-refractivity contribution in [3.63, 3.8) is 0 Å². The van der Waals surface area contributed by atoms with E-state index in [-0.39, 0.29) is 6.04 Å². The summed E-state index contributed by atoms with van der Waals surface area (Å²) in [4.78, 5) is 4.76. The molecule has 134 valence electrons. The zero-order valence-electron chi connectivity index (χ0n) is 14.6. The van der Waals surface area contributed by atoms with Crippen molar-refractivity contribution in [3.05, 3.63) is 71.3 Å². The summed E-state index contributed by atoms with van der Waals surface area (Å²) in [5, 5.41) is 3.45. The summed E-state index contributed by atoms with van der Waals surface area (Å²) in [6, 6.07) is 14.1. The number of hydrogen-bond donors (Lipinski definition) is 1. The molecule has 0 amide bonds. The van der Waals surface area contributed by atoms with Gasteiger partial charge in [-0.1, -0.05) is 36.4 Å². The van der Waals surface area contributed by atoms with Crippen LogP contribution in [0.25, 0.3) is 0 Å². The van der Waals surface area contributed by atoms with Gasteiger partial charge in [-0.3, -0.25) is 4.90 Å². The predicted molar refractivity (Wildman–Crippen MR) is 96.3 cm³/mol. The number of piperazine rings is 1. The summed E-state index contributed by atoms with van der Waals surface area (Å²) in [6.45, 7) is 5.45. The number of likely N-dealkylation sites (N-methyl/N-ethyl adjacent to an activating group) is 1. The Balaban J connectivity index is 1.68. The van der Waals surface area contributed by atoms with E-state index in [9.17, 15) is 8.78 Å². The molecule has 1 saturated heterocycles. The molecule has 25 heavy (non-hydrogen) atoms. The topological polar surface area (TPSA) is 18.5 Å². The van der Waals surface area contributed by atoms with E-state index in [4.69, 9.17) is 0 Å². The van der Waals surface area contributed by atoms with E-state index in [0.717, 1.165) is 38.8 Å². The van der Waals surface area contributed by atoms with Crippen LogP contribution in [0.5, 0.6) is 0 Å². The quantitative estimate of drug-likeness (QED) is 0.868. The van der Waals surface area contributed by atoms with Gasteiger partial charge in [0.25, 0.3) is 0 Å². The minimum Gasteiger partial charge on any atom is -0.305 e. The zero-order chi connectivity index (χ0) is 17.6. The van der Waals surface area contributed by atoms with Gasteiger partial charge in [-0.25, -0.2) is 8.78 Å². The van der Waals surface area contributed by atoms with Crippen molar-refractivity contribution in [2.45, 2.75) is 12.6 Å². The van der Waals surface area contributed by atoms with Gasteiger partial charge in [0.1, 0.15) is 11.6 Å². The average Bonchev–Trinajstić information content (AvgIpc) is 2.62. The molecule has 0 bridgehead atoms. The molecule has 1 atom stereocenters. The van der Waals surface area contributed by atoms with Crippen LogP contribution in [-0.2, 0) is 6.54 Å². The van der Waals surface area contributed by atoms with E-state index in [1.165, 1.54) is 17.7 Å². The summed E-state index contributed by atoms with van der Waals surface area (Å²) in [6.07, 6.45) is 0. The molecule has 0 saturated carbocycles. The fourth-order valence-electron chi connectivity index (χ4n) is 3.16. The van der Waals surface area contributed by atoms with Crippen LogP contribution in [0, 0.1) is 11.6 Å². The summed E-state index contributed by atoms with van der Waals surface area (Å²) in [7, 11) is 2.14. The lowest BCUT2D eigenvalue weighted by atomic mass is 10.1. The normalized spacial score (nSPS) is 17.6. The Hall–Kier alpha value is -1.82. The Kier molecular flexibility index (Phi) is 6.13. The first kappa shape index (κ1) is 18.0. The third-order valence-electron chi connectivity index (χ3n) is 4.79. The first-order valence-corrected chi connectivity index (χ1v) is 8.75. The highest BCUT2D eigenvalue weighted by Crippen LogP contribution is 2.17. The molecule has 1 aliphatic heterocycles. The SMILES string of the molecule is CN1CCN(CC(NCc2ccc(F)cc2F)c2ccccc2)CC1. The molecule has 2 aromatic carbocycles. The van der Waals surface area contributed by atoms with Gasteiger partial charge in [0.2, 0.25) is 0 Å². The number of nitrogens with zero attached hydrogens (tertiary/aromatic N) is 2. The molecular formula is C20H25F2N3. The average molecular weight is 345 g/mol. The molecule has 1 unspecified atom stereocenters. The Morgan fingerprint density at radius 1 is 1.00 bits per heavy atom. The van der Waals surface area contributed by atoms with Crippen LogP contribution in [0.3, 0.4) is 0 Å². The third-order valence-corrected chi connectivity index (χ3v) is 4.79. The minimum absolute atomic E-state index is 0.106. The van der Waals surface area contributed by atoms with E-state index < -0.39 is 11.6 Å². The van der Waals surface area contributed by atoms with Crippen LogP contribution >= 0.6 is 0 Å². The lowest BCUT2D eigenvalue weighted by Gasteiger charge is -2.35. The Bertz CT molecular complexity index is 670. The molecule has 1 fully saturated rings. The minimum atomic E-state index is -0.543. The molecule has 1 N–H and O–H groups in total. The first-order chi connectivity index (χ1) is 12.1. The van der Waals surface area contributed by atoms with E-state index in [1.54, 1.807) is 0 Å². The second-order valence-corrected chi connectivity index (χ2v) is 6.68. The number of benzene rings is 2. The molecule has 5 heteroatoms. The smallest absolute Gasteiger partial charge is 0.130 e. The maximum absolute atomic E-state index is 13.9. The van der Waals surface area contributed by atoms with Crippen molar-refractivity contribution >= 4 is 0 Å². The van der Waals surface area contributed by atoms with Gasteiger partial charge in [0.15, 0.2) is 0 Å². The van der Waals surface area contributed by atoms with Gasteiger partial charge >= 0.3 is 0 Å². The van der Waals surface area contributed by atoms with Crippen LogP contribution in [0.15, 0.2) is 48.5 Å². The molecule has 0 spiro atoms. The Morgan fingerprint density at radius 3 is 2.40 bits per heavy atom. The van der Waals surface area contributed by atoms with Crippen molar-refractivity contribution < 1.29 is 8.78 Å². The number of hydrogen-bond acceptors (Lipinski definition) is 3. The van der Waals surface area contributed by atoms with Crippen LogP contribution in [0.2, 0.25) is 0 Å². The Labute approximate surface area is 148 Å². The molecule has 1 heterocycles. The summed E-state index contributed by atoms with van der Waals surface area (Å²) in [5.41, 5.74) is 1.67. The molecule has 2 aromatic rings. The molecule has 0 aromatic heterocycles. The van der Waals surface area contributed by atoms with E-state index in [2.05, 4.69) is 34.3 Å². The summed E-state index contributed by atoms with van der Waals surface area (Å²) in [5.74, 6) is -1.04. The lowest BCUT2D eigenvalue weighted by molar-refractivity contribution is 0.141. The van der Waals surface area contributed by atoms with E-state index in [1.807, 2.05) is 18.2 Å². The summed E-state index contributed by atoms with van der Waals surface area (Å²) < 4.78 is 27.0. The third kappa shape index (κ3) is 5.08. The maximum atomic E-state index is 13.9. The highest BCUT2D eigenvalue weighted by Gasteiger charge is 2.19. The number of rotatable bonds is 6. The zero-order valence-corrected chi connectivity index (χ0v) is 14.6. The second-order valence-electron chi connectivity index (χ2n) is 6.68. The lowest BCUT2D eigenvalue weighted by Crippen LogP contribution is -2.47. The van der Waals surface area contributed by atoms with Gasteiger partial charge in [-0.05, 0) is 18.7 Å². The highest BCUT2D eigenvalue weighted by molar-refractivity contribution is 5.21. The molecule has 3 nitrogen and oxygen atoms in total. The second kappa shape index (κ2) is 8.52. The van der Waals surface area contributed by atoms with Gasteiger partial charge in [0.05, 0.1) is 0 Å². The largest absolute Gasteiger partial charge is 0.305 e. The van der Waals surface area contributed by atoms with Crippen molar-refractivity contribution in [2.24, 2.45) is 0 Å². The molecule has 3 rings (SSSR count). The molecule has 0 aliphatic carbocycles. The Morgan fingerprint density at radius 2 is 1.72 bits per heavy atom. The molecular weight excluding hydrogens is 320 g/mol. The van der Waals surface area contributed by atoms with E-state index in [0.29, 0.717) is 12.1 Å². The summed E-state index contributed by atoms with van der Waals surface area (Å²) >= 11 is 0. The van der Waals surface area contributed by atoms with Crippen molar-refractivity contribution in [1.29, 1.82) is 0 Å². The predicted octanol–water partition coefficient (Wildman–Crippen LogP) is 3.04. The monoisotopic (exact) mass is 345 g/mol. The van der Waals surface area contributed by atoms with Crippen molar-refractivity contribution in [3.8, 4) is 0 Å². The fraction of sp³-hybridized carbons (Fsp3) is 0.400. The van der Waals surface area contributed by atoms with Crippen LogP contribution < -0.4 is 5.32 Å². The van der Waals surface area contributed by atoms with Gasteiger partial charge in [-0.2, -0.15) is 0 Å². The fourth-order valence-corrected chi connectivity index (χ4v) is 3.16. The van der Waals surface area contributed by atoms with Crippen molar-refractivity contribution in [2.75, 3.05) is 39.8 Å². The number of nitrogens with one attached hydrogen (secondary N) is 1. The molecule has 1 aliphatic rings. The highest BCUT2D eigenvalue weighted by atomic mass is 19.1. The maximum Gasteiger partial charge on any atom is 0.130 e. The van der Waals surface area contributed by atoms with Gasteiger partial charge in [0, 0.05) is 56.9 Å².